The minimum atomic E-state index is -4.27. The van der Waals surface area contributed by atoms with Gasteiger partial charge >= 0.3 is 11.9 Å². The molecule has 0 saturated heterocycles. The van der Waals surface area contributed by atoms with Gasteiger partial charge in [0.15, 0.2) is 0 Å². The van der Waals surface area contributed by atoms with Crippen LogP contribution < -0.4 is 21.5 Å². The third-order valence-electron chi connectivity index (χ3n) is 4.97. The first-order valence-electron chi connectivity index (χ1n) is 9.93. The average Bonchev–Trinajstić information content (AvgIpc) is 3.08. The van der Waals surface area contributed by atoms with Crippen molar-refractivity contribution in [3.05, 3.63) is 56.7 Å². The van der Waals surface area contributed by atoms with E-state index in [0.717, 1.165) is 10.1 Å². The van der Waals surface area contributed by atoms with Gasteiger partial charge in [0.1, 0.15) is 11.5 Å². The van der Waals surface area contributed by atoms with Crippen LogP contribution >= 0.6 is 0 Å². The van der Waals surface area contributed by atoms with Crippen molar-refractivity contribution in [2.45, 2.75) is 44.9 Å². The van der Waals surface area contributed by atoms with Crippen LogP contribution in [0.1, 0.15) is 24.8 Å². The number of nitrogens with one attached hydrogen (secondary N) is 1. The Kier molecular flexibility index (Phi) is 7.06. The molecule has 0 aliphatic carbocycles. The van der Waals surface area contributed by atoms with Crippen molar-refractivity contribution in [2.24, 2.45) is 7.05 Å². The van der Waals surface area contributed by atoms with E-state index < -0.39 is 30.2 Å². The summed E-state index contributed by atoms with van der Waals surface area (Å²) in [6, 6.07) is 9.21. The van der Waals surface area contributed by atoms with Gasteiger partial charge in [-0.15, -0.1) is 0 Å². The molecule has 0 spiro atoms. The molecular weight excluding hydrogens is 417 g/mol. The number of aliphatic hydroxyl groups is 1. The molecule has 1 unspecified atom stereocenters. The van der Waals surface area contributed by atoms with E-state index in [9.17, 15) is 22.8 Å². The summed E-state index contributed by atoms with van der Waals surface area (Å²) in [5.41, 5.74) is -0.0422. The van der Waals surface area contributed by atoms with E-state index in [2.05, 4.69) is 5.32 Å². The molecule has 2 heterocycles. The molecule has 1 atom stereocenters. The highest BCUT2D eigenvalue weighted by atomic mass is 19.4. The molecule has 31 heavy (non-hydrogen) atoms. The molecule has 0 fully saturated rings. The van der Waals surface area contributed by atoms with Gasteiger partial charge < -0.3 is 20.1 Å². The molecule has 1 aliphatic rings. The third kappa shape index (κ3) is 5.28. The van der Waals surface area contributed by atoms with Gasteiger partial charge in [0, 0.05) is 33.2 Å². The van der Waals surface area contributed by atoms with Crippen molar-refractivity contribution in [1.82, 2.24) is 9.13 Å². The van der Waals surface area contributed by atoms with Gasteiger partial charge in [0.05, 0.1) is 6.61 Å². The van der Waals surface area contributed by atoms with Gasteiger partial charge in [-0.05, 0) is 18.4 Å². The predicted octanol–water partition coefficient (Wildman–Crippen LogP) is 2.00. The van der Waals surface area contributed by atoms with Crippen LogP contribution in [0.5, 0.6) is 0 Å². The molecule has 2 aromatic rings. The molecule has 1 aromatic heterocycles. The molecule has 8 nitrogen and oxygen atoms in total. The van der Waals surface area contributed by atoms with Crippen LogP contribution in [0.15, 0.2) is 39.9 Å². The lowest BCUT2D eigenvalue weighted by Crippen LogP contribution is -2.42. The molecule has 2 N–H and O–H groups in total. The highest BCUT2D eigenvalue weighted by molar-refractivity contribution is 5.71. The first kappa shape index (κ1) is 22.9. The highest BCUT2D eigenvalue weighted by Gasteiger charge is 2.36. The number of aliphatic hydroxyl groups excluding tert-OH is 1. The zero-order valence-electron chi connectivity index (χ0n) is 17.1. The lowest BCUT2D eigenvalue weighted by atomic mass is 10.2. The Morgan fingerprint density at radius 2 is 1.87 bits per heavy atom. The number of anilines is 2. The van der Waals surface area contributed by atoms with Crippen LogP contribution in [-0.2, 0) is 24.9 Å². The van der Waals surface area contributed by atoms with Crippen molar-refractivity contribution >= 4 is 11.5 Å². The average molecular weight is 442 g/mol. The Hall–Kier alpha value is -2.79. The largest absolute Gasteiger partial charge is 0.396 e. The lowest BCUT2D eigenvalue weighted by Gasteiger charge is -2.26. The molecule has 1 aliphatic heterocycles. The smallest absolute Gasteiger partial charge is 0.389 e. The van der Waals surface area contributed by atoms with E-state index >= 15 is 0 Å². The van der Waals surface area contributed by atoms with Crippen LogP contribution in [0.2, 0.25) is 0 Å². The second-order valence-electron chi connectivity index (χ2n) is 7.27. The standard InChI is InChI=1S/C20H25F3N4O4/c1-25-16-15(17(29)26(19(25)30)10-6-11-28)27(13-14-7-3-2-4-8-14)18(24-16)31-12-5-9-20(21,22)23/h2-4,7-8,18,24,28H,5-6,9-13H2,1H3. The summed E-state index contributed by atoms with van der Waals surface area (Å²) in [6.45, 7) is -0.0590. The monoisotopic (exact) mass is 442 g/mol. The van der Waals surface area contributed by atoms with Crippen LogP contribution in [-0.4, -0.2) is 40.0 Å². The molecule has 1 aromatic carbocycles. The quantitative estimate of drug-likeness (QED) is 0.578. The summed E-state index contributed by atoms with van der Waals surface area (Å²) in [5.74, 6) is 0.243. The van der Waals surface area contributed by atoms with Crippen molar-refractivity contribution < 1.29 is 23.0 Å². The molecule has 0 amide bonds. The zero-order valence-corrected chi connectivity index (χ0v) is 17.1. The van der Waals surface area contributed by atoms with E-state index in [4.69, 9.17) is 9.84 Å². The maximum absolute atomic E-state index is 13.1. The summed E-state index contributed by atoms with van der Waals surface area (Å²) >= 11 is 0. The summed E-state index contributed by atoms with van der Waals surface area (Å²) < 4.78 is 45.3. The van der Waals surface area contributed by atoms with Gasteiger partial charge in [0.25, 0.3) is 5.56 Å². The fourth-order valence-corrected chi connectivity index (χ4v) is 3.46. The Balaban J connectivity index is 1.93. The zero-order chi connectivity index (χ0) is 22.6. The van der Waals surface area contributed by atoms with Gasteiger partial charge in [-0.3, -0.25) is 13.9 Å². The number of fused-ring (bicyclic) bond motifs is 1. The first-order valence-corrected chi connectivity index (χ1v) is 9.93. The maximum atomic E-state index is 13.1. The van der Waals surface area contributed by atoms with Crippen LogP contribution in [0.4, 0.5) is 24.7 Å². The van der Waals surface area contributed by atoms with E-state index in [1.54, 1.807) is 4.90 Å². The minimum Gasteiger partial charge on any atom is -0.396 e. The summed E-state index contributed by atoms with van der Waals surface area (Å²) in [4.78, 5) is 27.4. The molecule has 170 valence electrons. The molecule has 11 heteroatoms. The number of hydrogen-bond acceptors (Lipinski definition) is 6. The fraction of sp³-hybridized carbons (Fsp3) is 0.500. The number of hydrogen-bond donors (Lipinski definition) is 2. The fourth-order valence-electron chi connectivity index (χ4n) is 3.46. The Morgan fingerprint density at radius 1 is 1.16 bits per heavy atom. The summed E-state index contributed by atoms with van der Waals surface area (Å²) in [5, 5.41) is 12.1. The number of benzene rings is 1. The summed E-state index contributed by atoms with van der Waals surface area (Å²) in [7, 11) is 1.50. The second-order valence-corrected chi connectivity index (χ2v) is 7.27. The number of halogens is 3. The second kappa shape index (κ2) is 9.56. The Bertz CT molecular complexity index is 1000. The molecule has 0 bridgehead atoms. The maximum Gasteiger partial charge on any atom is 0.389 e. The summed E-state index contributed by atoms with van der Waals surface area (Å²) in [6.07, 6.45) is -6.15. The van der Waals surface area contributed by atoms with Gasteiger partial charge in [0.2, 0.25) is 6.35 Å². The number of nitrogens with zero attached hydrogens (tertiary/aromatic N) is 3. The highest BCUT2D eigenvalue weighted by Crippen LogP contribution is 2.32. The molecule has 0 saturated carbocycles. The normalized spacial score (nSPS) is 15.8. The van der Waals surface area contributed by atoms with Crippen molar-refractivity contribution in [2.75, 3.05) is 23.4 Å². The van der Waals surface area contributed by atoms with Crippen molar-refractivity contribution in [1.29, 1.82) is 0 Å². The van der Waals surface area contributed by atoms with Crippen LogP contribution in [0.25, 0.3) is 0 Å². The van der Waals surface area contributed by atoms with Crippen molar-refractivity contribution in [3.63, 3.8) is 0 Å². The number of ether oxygens (including phenoxy) is 1. The van der Waals surface area contributed by atoms with Gasteiger partial charge in [-0.1, -0.05) is 30.3 Å². The third-order valence-corrected chi connectivity index (χ3v) is 4.97. The Labute approximate surface area is 176 Å². The first-order chi connectivity index (χ1) is 14.7. The Morgan fingerprint density at radius 3 is 2.52 bits per heavy atom. The van der Waals surface area contributed by atoms with Gasteiger partial charge in [-0.25, -0.2) is 4.79 Å². The molecular formula is C20H25F3N4O4. The van der Waals surface area contributed by atoms with E-state index in [1.165, 1.54) is 11.6 Å². The molecule has 3 rings (SSSR count). The number of alkyl halides is 3. The topological polar surface area (TPSA) is 88.7 Å². The van der Waals surface area contributed by atoms with Gasteiger partial charge in [-0.2, -0.15) is 13.2 Å². The molecule has 0 radical (unpaired) electrons. The minimum absolute atomic E-state index is 0.0472. The number of rotatable bonds is 9. The number of aromatic nitrogens is 2. The predicted molar refractivity (Wildman–Crippen MR) is 109 cm³/mol. The van der Waals surface area contributed by atoms with Crippen LogP contribution in [0, 0.1) is 0 Å². The van der Waals surface area contributed by atoms with Crippen molar-refractivity contribution in [3.8, 4) is 0 Å². The lowest BCUT2D eigenvalue weighted by molar-refractivity contribution is -0.138. The van der Waals surface area contributed by atoms with Crippen LogP contribution in [0.3, 0.4) is 0 Å². The van der Waals surface area contributed by atoms with E-state index in [1.807, 2.05) is 30.3 Å². The van der Waals surface area contributed by atoms with E-state index in [-0.39, 0.29) is 50.7 Å². The SMILES string of the molecule is Cn1c2c(c(=O)n(CCCO)c1=O)N(Cc1ccccc1)C(OCCCC(F)(F)F)N2. The van der Waals surface area contributed by atoms with E-state index in [0.29, 0.717) is 0 Å².